The third kappa shape index (κ3) is 3.20. The molecule has 22 heavy (non-hydrogen) atoms. The Morgan fingerprint density at radius 1 is 1.00 bits per heavy atom. The number of aryl methyl sites for hydroxylation is 2. The van der Waals surface area contributed by atoms with Gasteiger partial charge in [0, 0.05) is 5.25 Å². The zero-order chi connectivity index (χ0) is 15.5. The van der Waals surface area contributed by atoms with Crippen molar-refractivity contribution in [1.29, 1.82) is 0 Å². The minimum Gasteiger partial charge on any atom is -0.187 e. The van der Waals surface area contributed by atoms with E-state index in [1.54, 1.807) is 11.8 Å². The minimum absolute atomic E-state index is 0.289. The summed E-state index contributed by atoms with van der Waals surface area (Å²) >= 11 is 1.66. The summed E-state index contributed by atoms with van der Waals surface area (Å²) in [6, 6.07) is 16.7. The second-order valence-electron chi connectivity index (χ2n) is 5.39. The Bertz CT molecular complexity index is 747. The molecule has 5 heteroatoms. The first kappa shape index (κ1) is 14.8. The number of benzene rings is 2. The summed E-state index contributed by atoms with van der Waals surface area (Å²) in [6.45, 7) is 6.33. The molecule has 2 aromatic carbocycles. The van der Waals surface area contributed by atoms with Crippen LogP contribution in [0, 0.1) is 13.8 Å². The molecule has 0 bridgehead atoms. The van der Waals surface area contributed by atoms with E-state index in [0.29, 0.717) is 0 Å². The van der Waals surface area contributed by atoms with E-state index in [-0.39, 0.29) is 5.25 Å². The Labute approximate surface area is 134 Å². The second kappa shape index (κ2) is 6.32. The lowest BCUT2D eigenvalue weighted by Gasteiger charge is -2.11. The van der Waals surface area contributed by atoms with Gasteiger partial charge < -0.3 is 0 Å². The summed E-state index contributed by atoms with van der Waals surface area (Å²) in [6.07, 6.45) is 0. The number of thioether (sulfide) groups is 1. The first-order valence-electron chi connectivity index (χ1n) is 7.22. The van der Waals surface area contributed by atoms with E-state index < -0.39 is 0 Å². The molecule has 0 saturated carbocycles. The largest absolute Gasteiger partial charge is 0.214 e. The number of rotatable bonds is 4. The van der Waals surface area contributed by atoms with Gasteiger partial charge in [0.2, 0.25) is 5.16 Å². The zero-order valence-electron chi connectivity index (χ0n) is 12.9. The number of hydrogen-bond acceptors (Lipinski definition) is 4. The highest BCUT2D eigenvalue weighted by atomic mass is 32.2. The molecule has 0 amide bonds. The van der Waals surface area contributed by atoms with Crippen molar-refractivity contribution >= 4 is 11.8 Å². The number of hydrogen-bond donors (Lipinski definition) is 0. The molecule has 0 aliphatic rings. The molecule has 0 radical (unpaired) electrons. The highest BCUT2D eigenvalue weighted by Crippen LogP contribution is 2.33. The number of nitrogens with zero attached hydrogens (tertiary/aromatic N) is 4. The molecule has 1 aromatic heterocycles. The van der Waals surface area contributed by atoms with E-state index in [2.05, 4.69) is 78.8 Å². The zero-order valence-corrected chi connectivity index (χ0v) is 13.7. The standard InChI is InChI=1S/C17H18N4S/c1-12-9-13(2)11-16(10-12)21-17(18-19-20-21)22-14(3)15-7-5-4-6-8-15/h4-11,14H,1-3H3. The molecule has 3 aromatic rings. The van der Waals surface area contributed by atoms with Crippen molar-refractivity contribution in [2.75, 3.05) is 0 Å². The molecular formula is C17H18N4S. The van der Waals surface area contributed by atoms with Crippen LogP contribution in [0.4, 0.5) is 0 Å². The summed E-state index contributed by atoms with van der Waals surface area (Å²) in [5.41, 5.74) is 4.68. The molecule has 4 nitrogen and oxygen atoms in total. The highest BCUT2D eigenvalue weighted by Gasteiger charge is 2.14. The smallest absolute Gasteiger partial charge is 0.187 e. The van der Waals surface area contributed by atoms with Gasteiger partial charge >= 0.3 is 0 Å². The fourth-order valence-electron chi connectivity index (χ4n) is 2.44. The van der Waals surface area contributed by atoms with E-state index >= 15 is 0 Å². The van der Waals surface area contributed by atoms with E-state index in [1.165, 1.54) is 16.7 Å². The second-order valence-corrected chi connectivity index (χ2v) is 6.70. The Morgan fingerprint density at radius 2 is 1.68 bits per heavy atom. The number of tetrazole rings is 1. The molecule has 0 fully saturated rings. The first-order chi connectivity index (χ1) is 10.6. The maximum Gasteiger partial charge on any atom is 0.214 e. The predicted molar refractivity (Wildman–Crippen MR) is 89.3 cm³/mol. The normalized spacial score (nSPS) is 12.3. The monoisotopic (exact) mass is 310 g/mol. The average Bonchev–Trinajstić information content (AvgIpc) is 2.95. The van der Waals surface area contributed by atoms with E-state index in [0.717, 1.165) is 10.8 Å². The molecule has 1 heterocycles. The lowest BCUT2D eigenvalue weighted by molar-refractivity contribution is 0.753. The number of aromatic nitrogens is 4. The molecule has 0 saturated heterocycles. The van der Waals surface area contributed by atoms with Crippen molar-refractivity contribution in [3.05, 3.63) is 65.2 Å². The lowest BCUT2D eigenvalue weighted by atomic mass is 10.1. The topological polar surface area (TPSA) is 43.6 Å². The molecule has 0 spiro atoms. The average molecular weight is 310 g/mol. The molecule has 0 aliphatic carbocycles. The van der Waals surface area contributed by atoms with Crippen molar-refractivity contribution in [1.82, 2.24) is 20.2 Å². The Morgan fingerprint density at radius 3 is 2.36 bits per heavy atom. The Balaban J connectivity index is 1.89. The molecule has 1 atom stereocenters. The maximum absolute atomic E-state index is 4.18. The third-order valence-corrected chi connectivity index (χ3v) is 4.53. The van der Waals surface area contributed by atoms with Gasteiger partial charge in [-0.25, -0.2) is 0 Å². The van der Waals surface area contributed by atoms with Gasteiger partial charge in [0.25, 0.3) is 0 Å². The van der Waals surface area contributed by atoms with Gasteiger partial charge in [0.15, 0.2) is 0 Å². The van der Waals surface area contributed by atoms with E-state index in [1.807, 2.05) is 10.7 Å². The molecule has 0 N–H and O–H groups in total. The summed E-state index contributed by atoms with van der Waals surface area (Å²) < 4.78 is 1.81. The minimum atomic E-state index is 0.289. The summed E-state index contributed by atoms with van der Waals surface area (Å²) in [5.74, 6) is 0. The quantitative estimate of drug-likeness (QED) is 0.680. The fourth-order valence-corrected chi connectivity index (χ4v) is 3.37. The Hall–Kier alpha value is -2.14. The predicted octanol–water partition coefficient (Wildman–Crippen LogP) is 4.13. The fraction of sp³-hybridized carbons (Fsp3) is 0.235. The van der Waals surface area contributed by atoms with Gasteiger partial charge in [-0.15, -0.1) is 5.10 Å². The van der Waals surface area contributed by atoms with Crippen LogP contribution in [0.15, 0.2) is 53.7 Å². The van der Waals surface area contributed by atoms with Crippen LogP contribution in [0.2, 0.25) is 0 Å². The molecule has 112 valence electrons. The van der Waals surface area contributed by atoms with Crippen LogP contribution >= 0.6 is 11.8 Å². The van der Waals surface area contributed by atoms with Gasteiger partial charge in [0.1, 0.15) is 0 Å². The SMILES string of the molecule is Cc1cc(C)cc(-n2nnnc2SC(C)c2ccccc2)c1. The van der Waals surface area contributed by atoms with Gasteiger partial charge in [0.05, 0.1) is 5.69 Å². The van der Waals surface area contributed by atoms with Crippen molar-refractivity contribution < 1.29 is 0 Å². The van der Waals surface area contributed by atoms with Crippen LogP contribution in [0.25, 0.3) is 5.69 Å². The van der Waals surface area contributed by atoms with Crippen LogP contribution in [0.3, 0.4) is 0 Å². The molecule has 1 unspecified atom stereocenters. The van der Waals surface area contributed by atoms with Crippen molar-refractivity contribution in [3.63, 3.8) is 0 Å². The third-order valence-electron chi connectivity index (χ3n) is 3.44. The van der Waals surface area contributed by atoms with Crippen LogP contribution in [-0.4, -0.2) is 20.2 Å². The van der Waals surface area contributed by atoms with Gasteiger partial charge in [-0.1, -0.05) is 48.2 Å². The Kier molecular flexibility index (Phi) is 4.24. The van der Waals surface area contributed by atoms with E-state index in [9.17, 15) is 0 Å². The summed E-state index contributed by atoms with van der Waals surface area (Å²) in [5, 5.41) is 13.3. The van der Waals surface area contributed by atoms with Gasteiger partial charge in [-0.05, 0) is 60.0 Å². The lowest BCUT2D eigenvalue weighted by Crippen LogP contribution is -2.01. The van der Waals surface area contributed by atoms with Crippen molar-refractivity contribution in [2.24, 2.45) is 0 Å². The van der Waals surface area contributed by atoms with E-state index in [4.69, 9.17) is 0 Å². The molecular weight excluding hydrogens is 292 g/mol. The summed E-state index contributed by atoms with van der Waals surface area (Å²) in [4.78, 5) is 0. The van der Waals surface area contributed by atoms with Crippen LogP contribution in [0.1, 0.15) is 28.9 Å². The first-order valence-corrected chi connectivity index (χ1v) is 8.10. The van der Waals surface area contributed by atoms with Crippen molar-refractivity contribution in [3.8, 4) is 5.69 Å². The maximum atomic E-state index is 4.18. The van der Waals surface area contributed by atoms with Crippen LogP contribution in [-0.2, 0) is 0 Å². The molecule has 0 aliphatic heterocycles. The van der Waals surface area contributed by atoms with Crippen LogP contribution in [0.5, 0.6) is 0 Å². The highest BCUT2D eigenvalue weighted by molar-refractivity contribution is 7.99. The van der Waals surface area contributed by atoms with Crippen LogP contribution < -0.4 is 0 Å². The summed E-state index contributed by atoms with van der Waals surface area (Å²) in [7, 11) is 0. The van der Waals surface area contributed by atoms with Crippen molar-refractivity contribution in [2.45, 2.75) is 31.2 Å². The van der Waals surface area contributed by atoms with Gasteiger partial charge in [-0.3, -0.25) is 0 Å². The molecule has 3 rings (SSSR count). The van der Waals surface area contributed by atoms with Gasteiger partial charge in [-0.2, -0.15) is 4.68 Å².